The predicted octanol–water partition coefficient (Wildman–Crippen LogP) is 2.59. The van der Waals surface area contributed by atoms with E-state index >= 15 is 0 Å². The van der Waals surface area contributed by atoms with Gasteiger partial charge in [0.05, 0.1) is 6.42 Å². The lowest BCUT2D eigenvalue weighted by molar-refractivity contribution is -0.132. The van der Waals surface area contributed by atoms with Crippen LogP contribution >= 0.6 is 0 Å². The van der Waals surface area contributed by atoms with Crippen molar-refractivity contribution in [1.82, 2.24) is 19.4 Å². The van der Waals surface area contributed by atoms with E-state index in [1.807, 2.05) is 17.7 Å². The molecule has 1 amide bonds. The number of likely N-dealkylation sites (tertiary alicyclic amines) is 2. The minimum atomic E-state index is 0.258. The van der Waals surface area contributed by atoms with Crippen molar-refractivity contribution in [2.45, 2.75) is 44.6 Å². The maximum atomic E-state index is 12.8. The average molecular weight is 340 g/mol. The molecular weight excluding hydrogens is 312 g/mol. The van der Waals surface area contributed by atoms with E-state index in [1.165, 1.54) is 32.4 Å². The summed E-state index contributed by atoms with van der Waals surface area (Å²) in [5.41, 5.74) is 2.04. The maximum absolute atomic E-state index is 12.8. The number of carbonyl (C=O) groups excluding carboxylic acids is 1. The monoisotopic (exact) mass is 340 g/mol. The van der Waals surface area contributed by atoms with Crippen LogP contribution < -0.4 is 0 Å². The number of aromatic nitrogens is 2. The molecule has 25 heavy (non-hydrogen) atoms. The van der Waals surface area contributed by atoms with E-state index in [-0.39, 0.29) is 5.91 Å². The topological polar surface area (TPSA) is 41.4 Å². The zero-order valence-electron chi connectivity index (χ0n) is 15.2. The van der Waals surface area contributed by atoms with Gasteiger partial charge in [-0.05, 0) is 56.5 Å². The quantitative estimate of drug-likeness (QED) is 0.862. The van der Waals surface area contributed by atoms with Gasteiger partial charge in [0, 0.05) is 44.0 Å². The Bertz CT molecular complexity index is 739. The Morgan fingerprint density at radius 2 is 1.92 bits per heavy atom. The second-order valence-corrected chi connectivity index (χ2v) is 7.53. The van der Waals surface area contributed by atoms with Crippen LogP contribution in [0.1, 0.15) is 37.7 Å². The molecule has 0 N–H and O–H groups in total. The van der Waals surface area contributed by atoms with Crippen molar-refractivity contribution in [1.29, 1.82) is 0 Å². The van der Waals surface area contributed by atoms with Crippen LogP contribution in [0.15, 0.2) is 24.5 Å². The van der Waals surface area contributed by atoms with Crippen LogP contribution in [0.5, 0.6) is 0 Å². The molecule has 0 radical (unpaired) electrons. The van der Waals surface area contributed by atoms with Crippen LogP contribution in [-0.4, -0.2) is 57.5 Å². The number of pyridine rings is 1. The van der Waals surface area contributed by atoms with Gasteiger partial charge in [0.15, 0.2) is 0 Å². The molecule has 5 heteroatoms. The molecule has 2 aliphatic rings. The number of hydrogen-bond acceptors (Lipinski definition) is 3. The second-order valence-electron chi connectivity index (χ2n) is 7.53. The number of aryl methyl sites for hydroxylation is 1. The van der Waals surface area contributed by atoms with Crippen molar-refractivity contribution < 1.29 is 4.79 Å². The molecule has 2 aromatic rings. The summed E-state index contributed by atoms with van der Waals surface area (Å²) in [6.45, 7) is 4.31. The Balaban J connectivity index is 1.37. The summed E-state index contributed by atoms with van der Waals surface area (Å²) in [6.07, 6.45) is 10.7. The SMILES string of the molecule is Cn1cc(CC(=O)N2CCC(N3CCCCC3)CC2)c2cccnc21. The third-order valence-corrected chi connectivity index (χ3v) is 5.88. The zero-order chi connectivity index (χ0) is 17.2. The third kappa shape index (κ3) is 3.43. The molecule has 2 aliphatic heterocycles. The van der Waals surface area contributed by atoms with Crippen LogP contribution in [-0.2, 0) is 18.3 Å². The molecule has 0 unspecified atom stereocenters. The van der Waals surface area contributed by atoms with E-state index in [1.54, 1.807) is 6.20 Å². The molecule has 0 bridgehead atoms. The molecule has 0 spiro atoms. The Kier molecular flexibility index (Phi) is 4.75. The van der Waals surface area contributed by atoms with E-state index in [2.05, 4.69) is 27.0 Å². The summed E-state index contributed by atoms with van der Waals surface area (Å²) < 4.78 is 2.01. The number of piperidine rings is 2. The molecule has 2 fully saturated rings. The molecular formula is C20H28N4O. The molecule has 5 nitrogen and oxygen atoms in total. The summed E-state index contributed by atoms with van der Waals surface area (Å²) in [4.78, 5) is 21.9. The largest absolute Gasteiger partial charge is 0.342 e. The van der Waals surface area contributed by atoms with E-state index in [0.29, 0.717) is 12.5 Å². The normalized spacial score (nSPS) is 20.3. The Labute approximate surface area is 149 Å². The van der Waals surface area contributed by atoms with Gasteiger partial charge in [-0.2, -0.15) is 0 Å². The highest BCUT2D eigenvalue weighted by atomic mass is 16.2. The minimum absolute atomic E-state index is 0.258. The van der Waals surface area contributed by atoms with Crippen LogP contribution in [0, 0.1) is 0 Å². The first-order valence-electron chi connectivity index (χ1n) is 9.63. The fourth-order valence-corrected chi connectivity index (χ4v) is 4.47. The van der Waals surface area contributed by atoms with Crippen LogP contribution in [0.25, 0.3) is 11.0 Å². The van der Waals surface area contributed by atoms with E-state index in [9.17, 15) is 4.79 Å². The number of amides is 1. The fourth-order valence-electron chi connectivity index (χ4n) is 4.47. The Hall–Kier alpha value is -1.88. The Morgan fingerprint density at radius 3 is 2.68 bits per heavy atom. The highest BCUT2D eigenvalue weighted by Crippen LogP contribution is 2.23. The molecule has 2 saturated heterocycles. The van der Waals surface area contributed by atoms with Gasteiger partial charge in [0.2, 0.25) is 5.91 Å². The lowest BCUT2D eigenvalue weighted by atomic mass is 9.99. The number of nitrogens with zero attached hydrogens (tertiary/aromatic N) is 4. The van der Waals surface area contributed by atoms with Crippen molar-refractivity contribution in [2.75, 3.05) is 26.2 Å². The molecule has 0 aliphatic carbocycles. The van der Waals surface area contributed by atoms with Gasteiger partial charge in [-0.25, -0.2) is 4.98 Å². The van der Waals surface area contributed by atoms with Gasteiger partial charge in [-0.15, -0.1) is 0 Å². The Morgan fingerprint density at radius 1 is 1.16 bits per heavy atom. The number of fused-ring (bicyclic) bond motifs is 1. The molecule has 0 saturated carbocycles. The van der Waals surface area contributed by atoms with Crippen molar-refractivity contribution in [3.8, 4) is 0 Å². The first-order chi connectivity index (χ1) is 12.2. The lowest BCUT2D eigenvalue weighted by Crippen LogP contribution is -2.48. The zero-order valence-corrected chi connectivity index (χ0v) is 15.2. The van der Waals surface area contributed by atoms with Gasteiger partial charge < -0.3 is 14.4 Å². The first kappa shape index (κ1) is 16.6. The third-order valence-electron chi connectivity index (χ3n) is 5.88. The van der Waals surface area contributed by atoms with Crippen LogP contribution in [0.2, 0.25) is 0 Å². The van der Waals surface area contributed by atoms with E-state index in [0.717, 1.165) is 42.5 Å². The number of carbonyl (C=O) groups is 1. The van der Waals surface area contributed by atoms with Crippen molar-refractivity contribution in [3.63, 3.8) is 0 Å². The molecule has 0 aromatic carbocycles. The summed E-state index contributed by atoms with van der Waals surface area (Å²) in [7, 11) is 1.99. The van der Waals surface area contributed by atoms with E-state index in [4.69, 9.17) is 0 Å². The van der Waals surface area contributed by atoms with Crippen molar-refractivity contribution in [3.05, 3.63) is 30.1 Å². The van der Waals surface area contributed by atoms with E-state index < -0.39 is 0 Å². The predicted molar refractivity (Wildman–Crippen MR) is 99.4 cm³/mol. The van der Waals surface area contributed by atoms with Gasteiger partial charge in [0.1, 0.15) is 5.65 Å². The molecule has 4 rings (SSSR count). The second kappa shape index (κ2) is 7.16. The number of rotatable bonds is 3. The van der Waals surface area contributed by atoms with Crippen LogP contribution in [0.3, 0.4) is 0 Å². The lowest BCUT2D eigenvalue weighted by Gasteiger charge is -2.40. The fraction of sp³-hybridized carbons (Fsp3) is 0.600. The average Bonchev–Trinajstić information content (AvgIpc) is 2.98. The summed E-state index contributed by atoms with van der Waals surface area (Å²) in [5.74, 6) is 0.258. The summed E-state index contributed by atoms with van der Waals surface area (Å²) in [5, 5.41) is 1.10. The van der Waals surface area contributed by atoms with Crippen molar-refractivity contribution in [2.24, 2.45) is 7.05 Å². The number of hydrogen-bond donors (Lipinski definition) is 0. The van der Waals surface area contributed by atoms with Gasteiger partial charge in [0.25, 0.3) is 0 Å². The van der Waals surface area contributed by atoms with Gasteiger partial charge in [-0.3, -0.25) is 4.79 Å². The summed E-state index contributed by atoms with van der Waals surface area (Å²) >= 11 is 0. The molecule has 134 valence electrons. The molecule has 2 aromatic heterocycles. The minimum Gasteiger partial charge on any atom is -0.342 e. The standard InChI is InChI=1S/C20H28N4O/c1-22-15-16(18-6-5-9-21-20(18)22)14-19(25)24-12-7-17(8-13-24)23-10-3-2-4-11-23/h5-6,9,15,17H,2-4,7-8,10-14H2,1H3. The van der Waals surface area contributed by atoms with Gasteiger partial charge in [-0.1, -0.05) is 6.42 Å². The molecule has 4 heterocycles. The first-order valence-corrected chi connectivity index (χ1v) is 9.63. The smallest absolute Gasteiger partial charge is 0.227 e. The van der Waals surface area contributed by atoms with Crippen LogP contribution in [0.4, 0.5) is 0 Å². The van der Waals surface area contributed by atoms with Gasteiger partial charge >= 0.3 is 0 Å². The molecule has 0 atom stereocenters. The van der Waals surface area contributed by atoms with Crippen molar-refractivity contribution >= 4 is 16.9 Å². The summed E-state index contributed by atoms with van der Waals surface area (Å²) in [6, 6.07) is 4.69. The highest BCUT2D eigenvalue weighted by molar-refractivity contribution is 5.87. The highest BCUT2D eigenvalue weighted by Gasteiger charge is 2.27. The maximum Gasteiger partial charge on any atom is 0.227 e.